The van der Waals surface area contributed by atoms with Crippen LogP contribution in [0.15, 0.2) is 66.2 Å². The summed E-state index contributed by atoms with van der Waals surface area (Å²) < 4.78 is 31.8. The fourth-order valence-electron chi connectivity index (χ4n) is 2.10. The average Bonchev–Trinajstić information content (AvgIpc) is 2.67. The zero-order valence-electron chi connectivity index (χ0n) is 14.9. The predicted octanol–water partition coefficient (Wildman–Crippen LogP) is 3.10. The molecule has 2 rings (SSSR count). The first kappa shape index (κ1) is 19.9. The Hall–Kier alpha value is -3.37. The van der Waals surface area contributed by atoms with E-state index in [1.165, 1.54) is 31.5 Å². The molecule has 0 spiro atoms. The lowest BCUT2D eigenvalue weighted by Gasteiger charge is -2.10. The van der Waals surface area contributed by atoms with Gasteiger partial charge in [-0.15, -0.1) is 0 Å². The van der Waals surface area contributed by atoms with Gasteiger partial charge in [-0.25, -0.2) is 18.2 Å². The van der Waals surface area contributed by atoms with Gasteiger partial charge in [0.15, 0.2) is 0 Å². The molecule has 0 aliphatic rings. The number of hydrogen-bond donors (Lipinski definition) is 1. The molecule has 0 fully saturated rings. The molecule has 0 aliphatic carbocycles. The van der Waals surface area contributed by atoms with Gasteiger partial charge in [-0.05, 0) is 37.3 Å². The summed E-state index contributed by atoms with van der Waals surface area (Å²) in [5, 5.41) is 0. The van der Waals surface area contributed by atoms with Crippen molar-refractivity contribution in [2.24, 2.45) is 0 Å². The van der Waals surface area contributed by atoms with Crippen molar-refractivity contribution < 1.29 is 17.9 Å². The lowest BCUT2D eigenvalue weighted by atomic mass is 10.1. The van der Waals surface area contributed by atoms with Gasteiger partial charge in [-0.3, -0.25) is 4.72 Å². The number of rotatable bonds is 5. The molecule has 0 saturated carbocycles. The van der Waals surface area contributed by atoms with Gasteiger partial charge in [0.1, 0.15) is 5.69 Å². The lowest BCUT2D eigenvalue weighted by molar-refractivity contribution is 0.0594. The average molecular weight is 382 g/mol. The third-order valence-corrected chi connectivity index (χ3v) is 4.98. The van der Waals surface area contributed by atoms with Crippen molar-refractivity contribution in [3.8, 4) is 11.8 Å². The molecule has 27 heavy (non-hydrogen) atoms. The van der Waals surface area contributed by atoms with Crippen LogP contribution in [0.25, 0.3) is 0 Å². The van der Waals surface area contributed by atoms with Gasteiger partial charge in [0.25, 0.3) is 10.0 Å². The summed E-state index contributed by atoms with van der Waals surface area (Å²) in [6.45, 7) is 5.13. The quantitative estimate of drug-likeness (QED) is 0.488. The molecule has 0 unspecified atom stereocenters. The third-order valence-electron chi connectivity index (χ3n) is 3.47. The van der Waals surface area contributed by atoms with Gasteiger partial charge in [0.05, 0.1) is 17.7 Å². The minimum Gasteiger partial charge on any atom is -0.464 e. The maximum Gasteiger partial charge on any atom is 0.356 e. The fourth-order valence-corrected chi connectivity index (χ4v) is 3.22. The van der Waals surface area contributed by atoms with Crippen LogP contribution in [0, 0.1) is 11.8 Å². The molecule has 1 heterocycles. The fraction of sp³-hybridized carbons (Fsp3) is 0.100. The Bertz CT molecular complexity index is 1040. The number of carbonyl (C=O) groups is 1. The molecular formula is C20H18N2O4S. The number of methoxy groups -OCH3 is 1. The Kier molecular flexibility index (Phi) is 6.52. The van der Waals surface area contributed by atoms with Gasteiger partial charge < -0.3 is 4.74 Å². The molecular weight excluding hydrogens is 364 g/mol. The number of nitrogens with one attached hydrogen (secondary N) is 1. The van der Waals surface area contributed by atoms with Gasteiger partial charge in [-0.1, -0.05) is 36.6 Å². The second-order valence-corrected chi connectivity index (χ2v) is 6.90. The summed E-state index contributed by atoms with van der Waals surface area (Å²) in [7, 11) is -2.46. The summed E-state index contributed by atoms with van der Waals surface area (Å²) in [6.07, 6.45) is 4.17. The van der Waals surface area contributed by atoms with E-state index in [9.17, 15) is 13.2 Å². The molecule has 1 aromatic heterocycles. The molecule has 0 aliphatic heterocycles. The SMILES string of the molecule is C=C/C(=C\C)S(=O)(=O)Nc1ccccc1C#Cc1ccc(C(=O)OC)nc1. The smallest absolute Gasteiger partial charge is 0.356 e. The summed E-state index contributed by atoms with van der Waals surface area (Å²) >= 11 is 0. The minimum atomic E-state index is -3.74. The first-order chi connectivity index (χ1) is 12.9. The van der Waals surface area contributed by atoms with E-state index in [4.69, 9.17) is 0 Å². The maximum atomic E-state index is 12.4. The summed E-state index contributed by atoms with van der Waals surface area (Å²) in [5.74, 6) is 5.27. The number of benzene rings is 1. The van der Waals surface area contributed by atoms with Crippen molar-refractivity contribution in [1.82, 2.24) is 4.98 Å². The number of anilines is 1. The molecule has 1 aromatic carbocycles. The molecule has 0 saturated heterocycles. The van der Waals surface area contributed by atoms with Crippen LogP contribution in [-0.4, -0.2) is 26.5 Å². The molecule has 138 valence electrons. The largest absolute Gasteiger partial charge is 0.464 e. The summed E-state index contributed by atoms with van der Waals surface area (Å²) in [6, 6.07) is 9.92. The Morgan fingerprint density at radius 1 is 1.22 bits per heavy atom. The number of ether oxygens (including phenoxy) is 1. The van der Waals surface area contributed by atoms with E-state index in [2.05, 4.69) is 32.9 Å². The molecule has 0 radical (unpaired) electrons. The first-order valence-corrected chi connectivity index (χ1v) is 9.36. The van der Waals surface area contributed by atoms with Crippen molar-refractivity contribution in [3.05, 3.63) is 83.1 Å². The number of esters is 1. The Morgan fingerprint density at radius 2 is 1.96 bits per heavy atom. The monoisotopic (exact) mass is 382 g/mol. The van der Waals surface area contributed by atoms with E-state index in [1.54, 1.807) is 37.3 Å². The summed E-state index contributed by atoms with van der Waals surface area (Å²) in [4.78, 5) is 15.4. The van der Waals surface area contributed by atoms with Crippen molar-refractivity contribution in [1.29, 1.82) is 0 Å². The van der Waals surface area contributed by atoms with Crippen LogP contribution in [0.5, 0.6) is 0 Å². The van der Waals surface area contributed by atoms with Crippen LogP contribution >= 0.6 is 0 Å². The number of allylic oxidation sites excluding steroid dienone is 2. The second kappa shape index (κ2) is 8.83. The highest BCUT2D eigenvalue weighted by Crippen LogP contribution is 2.19. The van der Waals surface area contributed by atoms with Crippen molar-refractivity contribution in [2.45, 2.75) is 6.92 Å². The maximum absolute atomic E-state index is 12.4. The standard InChI is InChI=1S/C20H18N2O4S/c1-4-17(5-2)27(24,25)22-18-9-7-6-8-16(18)12-10-15-11-13-19(21-14-15)20(23)26-3/h4-9,11,13-14,22H,1H2,2-3H3/b17-5+. The second-order valence-electron chi connectivity index (χ2n) is 5.22. The molecule has 2 aromatic rings. The van der Waals surface area contributed by atoms with E-state index < -0.39 is 16.0 Å². The van der Waals surface area contributed by atoms with Crippen LogP contribution < -0.4 is 4.72 Å². The van der Waals surface area contributed by atoms with E-state index in [-0.39, 0.29) is 10.6 Å². The highest BCUT2D eigenvalue weighted by molar-refractivity contribution is 7.96. The number of hydrogen-bond acceptors (Lipinski definition) is 5. The van der Waals surface area contributed by atoms with E-state index in [1.807, 2.05) is 0 Å². The van der Waals surface area contributed by atoms with Gasteiger partial charge in [-0.2, -0.15) is 0 Å². The van der Waals surface area contributed by atoms with Crippen LogP contribution in [-0.2, 0) is 14.8 Å². The van der Waals surface area contributed by atoms with Crippen LogP contribution in [0.2, 0.25) is 0 Å². The number of para-hydroxylation sites is 1. The van der Waals surface area contributed by atoms with Gasteiger partial charge in [0.2, 0.25) is 0 Å². The highest BCUT2D eigenvalue weighted by Gasteiger charge is 2.15. The Balaban J connectivity index is 2.31. The molecule has 6 nitrogen and oxygen atoms in total. The topological polar surface area (TPSA) is 85.4 Å². The molecule has 7 heteroatoms. The predicted molar refractivity (Wildman–Crippen MR) is 104 cm³/mol. The van der Waals surface area contributed by atoms with E-state index in [0.29, 0.717) is 16.8 Å². The lowest BCUT2D eigenvalue weighted by Crippen LogP contribution is -2.14. The molecule has 0 bridgehead atoms. The van der Waals surface area contributed by atoms with E-state index >= 15 is 0 Å². The van der Waals surface area contributed by atoms with Gasteiger partial charge in [0, 0.05) is 17.3 Å². The van der Waals surface area contributed by atoms with Crippen LogP contribution in [0.4, 0.5) is 5.69 Å². The number of nitrogens with zero attached hydrogens (tertiary/aromatic N) is 1. The number of carbonyl (C=O) groups excluding carboxylic acids is 1. The van der Waals surface area contributed by atoms with Gasteiger partial charge >= 0.3 is 5.97 Å². The first-order valence-electron chi connectivity index (χ1n) is 7.88. The van der Waals surface area contributed by atoms with Crippen LogP contribution in [0.3, 0.4) is 0 Å². The number of pyridine rings is 1. The minimum absolute atomic E-state index is 0.0767. The Morgan fingerprint density at radius 3 is 2.56 bits per heavy atom. The zero-order valence-corrected chi connectivity index (χ0v) is 15.7. The normalized spacial score (nSPS) is 11.1. The Labute approximate surface area is 158 Å². The number of aromatic nitrogens is 1. The molecule has 1 N–H and O–H groups in total. The highest BCUT2D eigenvalue weighted by atomic mass is 32.2. The third kappa shape index (κ3) is 5.06. The molecule has 0 atom stereocenters. The zero-order chi connectivity index (χ0) is 19.9. The van der Waals surface area contributed by atoms with Crippen molar-refractivity contribution >= 4 is 21.7 Å². The van der Waals surface area contributed by atoms with Crippen LogP contribution in [0.1, 0.15) is 28.5 Å². The summed E-state index contributed by atoms with van der Waals surface area (Å²) in [5.41, 5.74) is 1.60. The van der Waals surface area contributed by atoms with E-state index in [0.717, 1.165) is 0 Å². The molecule has 0 amide bonds. The van der Waals surface area contributed by atoms with Crippen molar-refractivity contribution in [2.75, 3.05) is 11.8 Å². The van der Waals surface area contributed by atoms with Crippen molar-refractivity contribution in [3.63, 3.8) is 0 Å². The number of sulfonamides is 1.